The van der Waals surface area contributed by atoms with Gasteiger partial charge in [0.25, 0.3) is 5.91 Å². The van der Waals surface area contributed by atoms with Crippen molar-refractivity contribution in [2.75, 3.05) is 12.1 Å². The number of aromatic nitrogens is 1. The highest BCUT2D eigenvalue weighted by molar-refractivity contribution is 5.96. The summed E-state index contributed by atoms with van der Waals surface area (Å²) in [7, 11) is 1.65. The Labute approximate surface area is 154 Å². The number of benzene rings is 1. The molecular weight excluding hydrogens is 348 g/mol. The molecule has 0 aliphatic carbocycles. The van der Waals surface area contributed by atoms with E-state index in [1.807, 2.05) is 35.3 Å². The van der Waals surface area contributed by atoms with Crippen LogP contribution in [0, 0.1) is 0 Å². The summed E-state index contributed by atoms with van der Waals surface area (Å²) in [5.41, 5.74) is 9.27. The van der Waals surface area contributed by atoms with Gasteiger partial charge in [-0.15, -0.1) is 0 Å². The molecule has 0 spiro atoms. The van der Waals surface area contributed by atoms with E-state index in [2.05, 4.69) is 10.0 Å². The van der Waals surface area contributed by atoms with E-state index in [-0.39, 0.29) is 23.9 Å². The average Bonchev–Trinajstić information content (AvgIpc) is 2.69. The molecule has 0 radical (unpaired) electrons. The Morgan fingerprint density at radius 3 is 2.63 bits per heavy atom. The molecule has 9 nitrogen and oxygen atoms in total. The first kappa shape index (κ1) is 17.0. The minimum absolute atomic E-state index is 0.0798. The van der Waals surface area contributed by atoms with Crippen molar-refractivity contribution in [1.29, 1.82) is 0 Å². The lowest BCUT2D eigenvalue weighted by Gasteiger charge is -2.53. The largest absolute Gasteiger partial charge is 0.502 e. The molecule has 1 saturated heterocycles. The van der Waals surface area contributed by atoms with Crippen molar-refractivity contribution < 1.29 is 9.90 Å². The van der Waals surface area contributed by atoms with Gasteiger partial charge in [-0.05, 0) is 23.9 Å². The van der Waals surface area contributed by atoms with Crippen molar-refractivity contribution in [2.45, 2.75) is 31.1 Å². The molecule has 2 aliphatic heterocycles. The molecule has 1 N–H and O–H groups in total. The van der Waals surface area contributed by atoms with Gasteiger partial charge in [0, 0.05) is 24.2 Å². The topological polar surface area (TPSA) is 115 Å². The summed E-state index contributed by atoms with van der Waals surface area (Å²) >= 11 is 0. The van der Waals surface area contributed by atoms with Crippen LogP contribution in [0.15, 0.2) is 52.5 Å². The Morgan fingerprint density at radius 1 is 1.19 bits per heavy atom. The number of fused-ring (bicyclic) bond motifs is 3. The minimum atomic E-state index is -0.610. The summed E-state index contributed by atoms with van der Waals surface area (Å²) in [5.74, 6) is -0.994. The van der Waals surface area contributed by atoms with Crippen molar-refractivity contribution in [3.8, 4) is 5.75 Å². The molecule has 3 heterocycles. The molecule has 138 valence electrons. The Morgan fingerprint density at radius 2 is 1.93 bits per heavy atom. The van der Waals surface area contributed by atoms with Crippen LogP contribution in [0.4, 0.5) is 0 Å². The van der Waals surface area contributed by atoms with Crippen molar-refractivity contribution in [3.63, 3.8) is 0 Å². The first-order chi connectivity index (χ1) is 13.0. The Bertz CT molecular complexity index is 998. The monoisotopic (exact) mass is 366 g/mol. The maximum absolute atomic E-state index is 12.8. The van der Waals surface area contributed by atoms with Gasteiger partial charge in [-0.3, -0.25) is 19.3 Å². The maximum Gasteiger partial charge on any atom is 0.277 e. The van der Waals surface area contributed by atoms with Gasteiger partial charge in [0.15, 0.2) is 11.4 Å². The van der Waals surface area contributed by atoms with E-state index >= 15 is 0 Å². The molecule has 0 bridgehead atoms. The first-order valence-electron chi connectivity index (χ1n) is 8.64. The second kappa shape index (κ2) is 6.37. The predicted octanol–water partition coefficient (Wildman–Crippen LogP) is 2.12. The number of carbonyl (C=O) groups excluding carboxylic acids is 1. The molecule has 0 saturated carbocycles. The minimum Gasteiger partial charge on any atom is -0.502 e. The Kier molecular flexibility index (Phi) is 4.01. The zero-order valence-electron chi connectivity index (χ0n) is 14.6. The predicted molar refractivity (Wildman–Crippen MR) is 97.8 cm³/mol. The van der Waals surface area contributed by atoms with Crippen molar-refractivity contribution in [1.82, 2.24) is 9.58 Å². The third-order valence-corrected chi connectivity index (χ3v) is 5.29. The molecule has 1 aromatic carbocycles. The van der Waals surface area contributed by atoms with Gasteiger partial charge < -0.3 is 10.0 Å². The van der Waals surface area contributed by atoms with Crippen LogP contribution in [0.2, 0.25) is 0 Å². The van der Waals surface area contributed by atoms with Crippen LogP contribution in [0.1, 0.15) is 34.9 Å². The van der Waals surface area contributed by atoms with E-state index in [1.165, 1.54) is 21.8 Å². The second-order valence-corrected chi connectivity index (χ2v) is 6.70. The van der Waals surface area contributed by atoms with Gasteiger partial charge in [-0.25, -0.2) is 0 Å². The molecule has 0 unspecified atom stereocenters. The normalized spacial score (nSPS) is 24.0. The van der Waals surface area contributed by atoms with E-state index in [4.69, 9.17) is 5.53 Å². The number of amides is 1. The van der Waals surface area contributed by atoms with E-state index < -0.39 is 17.1 Å². The van der Waals surface area contributed by atoms with Gasteiger partial charge in [-0.2, -0.15) is 0 Å². The highest BCUT2D eigenvalue weighted by Gasteiger charge is 2.46. The molecule has 1 fully saturated rings. The SMILES string of the molecule is CN1C(=O)c2c(O)c(=O)ccn2N2[C@H](c3ccccc3)[C@@H](N=[N+]=[N-])CC[C@@H]12. The fraction of sp³-hybridized carbons (Fsp3) is 0.333. The van der Waals surface area contributed by atoms with Gasteiger partial charge in [0.2, 0.25) is 5.43 Å². The van der Waals surface area contributed by atoms with Gasteiger partial charge in [0.1, 0.15) is 6.17 Å². The number of hydrogen-bond donors (Lipinski definition) is 1. The molecule has 27 heavy (non-hydrogen) atoms. The van der Waals surface area contributed by atoms with Crippen LogP contribution < -0.4 is 10.4 Å². The first-order valence-corrected chi connectivity index (χ1v) is 8.64. The third kappa shape index (κ3) is 2.51. The maximum atomic E-state index is 12.8. The number of nitrogens with zero attached hydrogens (tertiary/aromatic N) is 6. The number of aromatic hydroxyl groups is 1. The van der Waals surface area contributed by atoms with E-state index in [0.717, 1.165) is 5.56 Å². The highest BCUT2D eigenvalue weighted by Crippen LogP contribution is 2.39. The van der Waals surface area contributed by atoms with Crippen molar-refractivity contribution in [2.24, 2.45) is 5.11 Å². The van der Waals surface area contributed by atoms with Crippen LogP contribution in [-0.4, -0.2) is 39.8 Å². The van der Waals surface area contributed by atoms with Crippen LogP contribution in [0.5, 0.6) is 5.75 Å². The van der Waals surface area contributed by atoms with Gasteiger partial charge in [0.05, 0.1) is 12.1 Å². The fourth-order valence-corrected chi connectivity index (χ4v) is 4.04. The van der Waals surface area contributed by atoms with Gasteiger partial charge in [-0.1, -0.05) is 35.4 Å². The number of rotatable bonds is 2. The lowest BCUT2D eigenvalue weighted by Crippen LogP contribution is -2.64. The summed E-state index contributed by atoms with van der Waals surface area (Å²) in [4.78, 5) is 29.2. The zero-order chi connectivity index (χ0) is 19.1. The van der Waals surface area contributed by atoms with Crippen LogP contribution in [-0.2, 0) is 0 Å². The molecule has 3 atom stereocenters. The zero-order valence-corrected chi connectivity index (χ0v) is 14.6. The summed E-state index contributed by atoms with van der Waals surface area (Å²) < 4.78 is 1.53. The fourth-order valence-electron chi connectivity index (χ4n) is 4.04. The number of pyridine rings is 1. The number of azide groups is 1. The molecule has 4 rings (SSSR count). The number of piperidine rings is 1. The highest BCUT2D eigenvalue weighted by atomic mass is 16.3. The van der Waals surface area contributed by atoms with Crippen LogP contribution >= 0.6 is 0 Å². The molecule has 1 amide bonds. The molecule has 9 heteroatoms. The second-order valence-electron chi connectivity index (χ2n) is 6.70. The lowest BCUT2D eigenvalue weighted by molar-refractivity contribution is 0.0536. The smallest absolute Gasteiger partial charge is 0.277 e. The summed E-state index contributed by atoms with van der Waals surface area (Å²) in [6.45, 7) is 0. The average molecular weight is 366 g/mol. The molecule has 2 aliphatic rings. The van der Waals surface area contributed by atoms with Gasteiger partial charge >= 0.3 is 0 Å². The van der Waals surface area contributed by atoms with Crippen molar-refractivity contribution in [3.05, 3.63) is 74.5 Å². The number of carbonyl (C=O) groups is 1. The summed E-state index contributed by atoms with van der Waals surface area (Å²) in [5, 5.41) is 16.2. The lowest BCUT2D eigenvalue weighted by atomic mass is 9.89. The van der Waals surface area contributed by atoms with E-state index in [0.29, 0.717) is 12.8 Å². The van der Waals surface area contributed by atoms with Crippen molar-refractivity contribution >= 4 is 5.91 Å². The standard InChI is InChI=1S/C18H18N6O3/c1-22-14-8-7-12(20-21-19)15(11-5-3-2-4-6-11)24(14)23-10-9-13(25)17(26)16(23)18(22)27/h2-6,9-10,12,14-15,26H,7-8H2,1H3/t12-,14-,15+/m0/s1. The summed E-state index contributed by atoms with van der Waals surface area (Å²) in [6.07, 6.45) is 2.41. The third-order valence-electron chi connectivity index (χ3n) is 5.29. The molecule has 1 aromatic heterocycles. The Hall–Kier alpha value is -3.45. The van der Waals surface area contributed by atoms with Crippen LogP contribution in [0.25, 0.3) is 10.4 Å². The summed E-state index contributed by atoms with van der Waals surface area (Å²) in [6, 6.07) is 10.1. The molecular formula is C18H18N6O3. The van der Waals surface area contributed by atoms with Crippen LogP contribution in [0.3, 0.4) is 0 Å². The van der Waals surface area contributed by atoms with E-state index in [9.17, 15) is 14.7 Å². The van der Waals surface area contributed by atoms with E-state index in [1.54, 1.807) is 7.05 Å². The quantitative estimate of drug-likeness (QED) is 0.498. The molecule has 2 aromatic rings. The number of hydrogen-bond acceptors (Lipinski definition) is 5. The Balaban J connectivity index is 1.96.